The Hall–Kier alpha value is -2.00. The zero-order chi connectivity index (χ0) is 23.6. The van der Waals surface area contributed by atoms with Gasteiger partial charge in [-0.25, -0.2) is 0 Å². The number of ether oxygens (including phenoxy) is 3. The maximum atomic E-state index is 6.69. The largest absolute Gasteiger partial charge is 0.452 e. The number of hydrogen-bond acceptors (Lipinski definition) is 3. The van der Waals surface area contributed by atoms with E-state index in [0.717, 1.165) is 30.3 Å². The predicted molar refractivity (Wildman–Crippen MR) is 139 cm³/mol. The summed E-state index contributed by atoms with van der Waals surface area (Å²) in [5, 5.41) is 0. The fraction of sp³-hybridized carbons (Fsp3) is 0.613. The SMILES string of the molecule is CCCCCCCCC(CCC1CCC2OC2C1)C(C)(Oc1ccccc1)Oc1ccccc1. The van der Waals surface area contributed by atoms with Gasteiger partial charge in [0, 0.05) is 12.8 Å². The second kappa shape index (κ2) is 12.6. The molecule has 0 aromatic heterocycles. The maximum Gasteiger partial charge on any atom is 0.251 e. The molecule has 2 aromatic rings. The van der Waals surface area contributed by atoms with Crippen LogP contribution in [0.15, 0.2) is 60.7 Å². The Morgan fingerprint density at radius 3 is 2.03 bits per heavy atom. The summed E-state index contributed by atoms with van der Waals surface area (Å²) >= 11 is 0. The highest BCUT2D eigenvalue weighted by Gasteiger charge is 2.44. The van der Waals surface area contributed by atoms with Gasteiger partial charge in [0.25, 0.3) is 5.79 Å². The number of rotatable bonds is 15. The lowest BCUT2D eigenvalue weighted by atomic mass is 9.81. The molecule has 4 atom stereocenters. The lowest BCUT2D eigenvalue weighted by Gasteiger charge is -2.39. The number of para-hydroxylation sites is 2. The first kappa shape index (κ1) is 25.1. The van der Waals surface area contributed by atoms with Gasteiger partial charge >= 0.3 is 0 Å². The van der Waals surface area contributed by atoms with Crippen molar-refractivity contribution in [2.24, 2.45) is 11.8 Å². The average Bonchev–Trinajstić information content (AvgIpc) is 3.63. The molecule has 1 heterocycles. The van der Waals surface area contributed by atoms with Crippen LogP contribution < -0.4 is 9.47 Å². The van der Waals surface area contributed by atoms with Crippen molar-refractivity contribution in [2.75, 3.05) is 0 Å². The molecule has 3 heteroatoms. The van der Waals surface area contributed by atoms with E-state index in [4.69, 9.17) is 14.2 Å². The van der Waals surface area contributed by atoms with Crippen LogP contribution in [0.5, 0.6) is 11.5 Å². The monoisotopic (exact) mass is 464 g/mol. The van der Waals surface area contributed by atoms with Crippen LogP contribution in [0.3, 0.4) is 0 Å². The van der Waals surface area contributed by atoms with Gasteiger partial charge in [0.05, 0.1) is 12.2 Å². The molecule has 0 bridgehead atoms. The third kappa shape index (κ3) is 7.50. The fourth-order valence-electron chi connectivity index (χ4n) is 5.66. The van der Waals surface area contributed by atoms with E-state index < -0.39 is 5.79 Å². The highest BCUT2D eigenvalue weighted by atomic mass is 16.7. The molecule has 0 amide bonds. The molecule has 1 saturated carbocycles. The van der Waals surface area contributed by atoms with Gasteiger partial charge in [0.2, 0.25) is 0 Å². The minimum atomic E-state index is -0.709. The van der Waals surface area contributed by atoms with Gasteiger partial charge in [-0.2, -0.15) is 0 Å². The number of epoxide rings is 1. The highest BCUT2D eigenvalue weighted by Crippen LogP contribution is 2.43. The molecule has 0 spiro atoms. The van der Waals surface area contributed by atoms with Crippen LogP contribution in [0, 0.1) is 11.8 Å². The van der Waals surface area contributed by atoms with Crippen molar-refractivity contribution in [3.63, 3.8) is 0 Å². The van der Waals surface area contributed by atoms with Crippen LogP contribution in [0.1, 0.15) is 90.9 Å². The summed E-state index contributed by atoms with van der Waals surface area (Å²) in [5.41, 5.74) is 0. The summed E-state index contributed by atoms with van der Waals surface area (Å²) in [4.78, 5) is 0. The molecule has 1 saturated heterocycles. The van der Waals surface area contributed by atoms with Gasteiger partial charge in [-0.15, -0.1) is 0 Å². The van der Waals surface area contributed by atoms with E-state index in [1.54, 1.807) is 0 Å². The Morgan fingerprint density at radius 1 is 0.794 bits per heavy atom. The lowest BCUT2D eigenvalue weighted by molar-refractivity contribution is -0.147. The Bertz CT molecular complexity index is 780. The lowest BCUT2D eigenvalue weighted by Crippen LogP contribution is -2.47. The molecule has 2 fully saturated rings. The standard InChI is InChI=1S/C31H44O3/c1-3-4-5-6-7-10-15-26(22-20-25-21-23-29-30(24-25)32-29)31(2,33-27-16-11-8-12-17-27)34-28-18-13-9-14-19-28/h8-9,11-14,16-19,25-26,29-30H,3-7,10,15,20-24H2,1-2H3. The average molecular weight is 465 g/mol. The number of fused-ring (bicyclic) bond motifs is 1. The summed E-state index contributed by atoms with van der Waals surface area (Å²) in [6.45, 7) is 4.44. The Morgan fingerprint density at radius 2 is 1.41 bits per heavy atom. The second-order valence-corrected chi connectivity index (χ2v) is 10.6. The van der Waals surface area contributed by atoms with Crippen LogP contribution in [0.4, 0.5) is 0 Å². The van der Waals surface area contributed by atoms with Crippen LogP contribution in [0.2, 0.25) is 0 Å². The van der Waals surface area contributed by atoms with E-state index in [2.05, 4.69) is 13.8 Å². The molecule has 2 aliphatic rings. The first-order chi connectivity index (χ1) is 16.7. The van der Waals surface area contributed by atoms with E-state index in [0.29, 0.717) is 18.1 Å². The molecule has 4 rings (SSSR count). The quantitative estimate of drug-likeness (QED) is 0.150. The summed E-state index contributed by atoms with van der Waals surface area (Å²) < 4.78 is 19.2. The van der Waals surface area contributed by atoms with Gasteiger partial charge in [0.1, 0.15) is 11.5 Å². The van der Waals surface area contributed by atoms with Crippen molar-refractivity contribution >= 4 is 0 Å². The van der Waals surface area contributed by atoms with Crippen molar-refractivity contribution in [1.82, 2.24) is 0 Å². The Balaban J connectivity index is 1.46. The van der Waals surface area contributed by atoms with Gasteiger partial charge in [-0.1, -0.05) is 81.8 Å². The van der Waals surface area contributed by atoms with E-state index in [1.807, 2.05) is 60.7 Å². The molecule has 1 aliphatic heterocycles. The third-order valence-corrected chi connectivity index (χ3v) is 7.81. The summed E-state index contributed by atoms with van der Waals surface area (Å²) in [5.74, 6) is 2.14. The van der Waals surface area contributed by atoms with E-state index in [9.17, 15) is 0 Å². The first-order valence-electron chi connectivity index (χ1n) is 13.8. The minimum Gasteiger partial charge on any atom is -0.452 e. The summed E-state index contributed by atoms with van der Waals surface area (Å²) in [6, 6.07) is 20.4. The Labute approximate surface area is 207 Å². The Kier molecular flexibility index (Phi) is 9.33. The maximum absolute atomic E-state index is 6.69. The van der Waals surface area contributed by atoms with E-state index in [1.165, 1.54) is 64.2 Å². The van der Waals surface area contributed by atoms with Gasteiger partial charge < -0.3 is 14.2 Å². The molecule has 34 heavy (non-hydrogen) atoms. The van der Waals surface area contributed by atoms with Crippen molar-refractivity contribution in [3.8, 4) is 11.5 Å². The van der Waals surface area contributed by atoms with Crippen LogP contribution in [0.25, 0.3) is 0 Å². The van der Waals surface area contributed by atoms with E-state index >= 15 is 0 Å². The van der Waals surface area contributed by atoms with Gasteiger partial charge in [-0.3, -0.25) is 0 Å². The smallest absolute Gasteiger partial charge is 0.251 e. The number of benzene rings is 2. The predicted octanol–water partition coefficient (Wildman–Crippen LogP) is 8.58. The summed E-state index contributed by atoms with van der Waals surface area (Å²) in [7, 11) is 0. The number of hydrogen-bond donors (Lipinski definition) is 0. The fourth-order valence-corrected chi connectivity index (χ4v) is 5.66. The first-order valence-corrected chi connectivity index (χ1v) is 13.8. The zero-order valence-electron chi connectivity index (χ0n) is 21.3. The van der Waals surface area contributed by atoms with Crippen LogP contribution in [-0.2, 0) is 4.74 Å². The van der Waals surface area contributed by atoms with Crippen molar-refractivity contribution in [2.45, 2.75) is 109 Å². The van der Waals surface area contributed by atoms with Crippen molar-refractivity contribution < 1.29 is 14.2 Å². The van der Waals surface area contributed by atoms with Crippen molar-refractivity contribution in [1.29, 1.82) is 0 Å². The van der Waals surface area contributed by atoms with Crippen LogP contribution in [-0.4, -0.2) is 18.0 Å². The number of unbranched alkanes of at least 4 members (excludes halogenated alkanes) is 5. The normalized spacial score (nSPS) is 22.6. The zero-order valence-corrected chi connectivity index (χ0v) is 21.3. The molecule has 2 aromatic carbocycles. The topological polar surface area (TPSA) is 31.0 Å². The molecule has 0 radical (unpaired) electrons. The van der Waals surface area contributed by atoms with Crippen molar-refractivity contribution in [3.05, 3.63) is 60.7 Å². The molecule has 0 N–H and O–H groups in total. The summed E-state index contributed by atoms with van der Waals surface area (Å²) in [6.07, 6.45) is 16.3. The molecule has 3 nitrogen and oxygen atoms in total. The molecular formula is C31H44O3. The second-order valence-electron chi connectivity index (χ2n) is 10.6. The molecule has 4 unspecified atom stereocenters. The molecule has 1 aliphatic carbocycles. The third-order valence-electron chi connectivity index (χ3n) is 7.81. The van der Waals surface area contributed by atoms with Gasteiger partial charge in [0.15, 0.2) is 0 Å². The van der Waals surface area contributed by atoms with Gasteiger partial charge in [-0.05, 0) is 68.7 Å². The highest BCUT2D eigenvalue weighted by molar-refractivity contribution is 5.24. The molecular weight excluding hydrogens is 420 g/mol. The van der Waals surface area contributed by atoms with E-state index in [-0.39, 0.29) is 0 Å². The molecule has 186 valence electrons. The minimum absolute atomic E-state index is 0.330. The van der Waals surface area contributed by atoms with Crippen LogP contribution >= 0.6 is 0 Å².